The normalized spacial score (nSPS) is 45.9. The predicted molar refractivity (Wildman–Crippen MR) is 146 cm³/mol. The van der Waals surface area contributed by atoms with Gasteiger partial charge in [-0.2, -0.15) is 0 Å². The molecule has 0 radical (unpaired) electrons. The number of hydrogen-bond acceptors (Lipinski definition) is 6. The number of rotatable bonds is 2. The van der Waals surface area contributed by atoms with Crippen molar-refractivity contribution in [1.29, 1.82) is 0 Å². The van der Waals surface area contributed by atoms with Crippen LogP contribution in [-0.4, -0.2) is 68.7 Å². The fourth-order valence-electron chi connectivity index (χ4n) is 9.76. The highest BCUT2D eigenvalue weighted by Crippen LogP contribution is 2.69. The molecule has 2 saturated heterocycles. The molecular weight excluding hydrogens is 474 g/mol. The predicted octanol–water partition coefficient (Wildman–Crippen LogP) is 3.82. The van der Waals surface area contributed by atoms with Gasteiger partial charge in [-0.25, -0.2) is 0 Å². The van der Waals surface area contributed by atoms with Crippen molar-refractivity contribution in [3.63, 3.8) is 0 Å². The monoisotopic (exact) mass is 513 g/mol. The number of pyridine rings is 1. The molecule has 0 amide bonds. The van der Waals surface area contributed by atoms with Crippen LogP contribution >= 0.6 is 0 Å². The average molecular weight is 514 g/mol. The molecule has 9 atom stereocenters. The van der Waals surface area contributed by atoms with Crippen molar-refractivity contribution in [3.05, 3.63) is 65.5 Å². The van der Waals surface area contributed by atoms with Crippen molar-refractivity contribution in [2.75, 3.05) is 13.1 Å². The van der Waals surface area contributed by atoms with E-state index in [1.165, 1.54) is 28.3 Å². The van der Waals surface area contributed by atoms with Crippen molar-refractivity contribution in [2.24, 2.45) is 17.1 Å². The SMILES string of the molecule is C[C@]12CC=C3C=C4[C@H](O)[C@@H](O)[C@@H](N5CC[C@@H](N)C5)C[C@]45CCC3(O5)[C@@H]1CCC2c1ccc2ccncc2c1. The van der Waals surface area contributed by atoms with E-state index in [-0.39, 0.29) is 23.1 Å². The highest BCUT2D eigenvalue weighted by molar-refractivity contribution is 5.82. The molecule has 2 saturated carbocycles. The van der Waals surface area contributed by atoms with Gasteiger partial charge in [0.25, 0.3) is 0 Å². The second kappa shape index (κ2) is 7.98. The van der Waals surface area contributed by atoms with Gasteiger partial charge in [0.1, 0.15) is 6.10 Å². The Bertz CT molecular complexity index is 1370. The Labute approximate surface area is 224 Å². The molecule has 6 aliphatic rings. The van der Waals surface area contributed by atoms with Gasteiger partial charge in [0, 0.05) is 43.0 Å². The molecule has 1 aromatic carbocycles. The quantitative estimate of drug-likeness (QED) is 0.566. The smallest absolute Gasteiger partial charge is 0.105 e. The number of allylic oxidation sites excluding steroid dienone is 1. The molecular formula is C32H39N3O3. The van der Waals surface area contributed by atoms with Gasteiger partial charge in [-0.05, 0) is 96.4 Å². The number of benzene rings is 1. The number of aliphatic hydroxyl groups is 2. The lowest BCUT2D eigenvalue weighted by Gasteiger charge is -2.56. The van der Waals surface area contributed by atoms with Crippen molar-refractivity contribution in [1.82, 2.24) is 9.88 Å². The van der Waals surface area contributed by atoms with E-state index < -0.39 is 17.8 Å². The molecule has 200 valence electrons. The van der Waals surface area contributed by atoms with E-state index in [4.69, 9.17) is 10.5 Å². The Morgan fingerprint density at radius 2 is 2.00 bits per heavy atom. The van der Waals surface area contributed by atoms with E-state index in [1.807, 2.05) is 12.4 Å². The summed E-state index contributed by atoms with van der Waals surface area (Å²) < 4.78 is 7.37. The zero-order valence-corrected chi connectivity index (χ0v) is 22.2. The second-order valence-electron chi connectivity index (χ2n) is 13.4. The average Bonchev–Trinajstić information content (AvgIpc) is 3.60. The van der Waals surface area contributed by atoms with E-state index in [1.54, 1.807) is 0 Å². The molecule has 2 spiro atoms. The van der Waals surface area contributed by atoms with E-state index in [0.29, 0.717) is 11.8 Å². The topological polar surface area (TPSA) is 91.8 Å². The van der Waals surface area contributed by atoms with E-state index in [0.717, 1.165) is 57.2 Å². The standard InChI is InChI=1S/C32H39N3O3/c1-30-9-6-22-15-25-28(36)29(37)26(35-13-8-23(33)18-35)16-31(25)10-11-32(22,38-31)27(30)5-4-24(30)20-3-2-19-7-12-34-17-21(19)14-20/h2-3,6-7,12,14-15,17,23-24,26-29,36-37H,4-5,8-11,13,16,18,33H2,1H3/t23-,24?,26+,27-,28+,29+,30-,31-,32?/m1/s1. The maximum atomic E-state index is 11.4. The van der Waals surface area contributed by atoms with Gasteiger partial charge in [0.15, 0.2) is 0 Å². The van der Waals surface area contributed by atoms with Crippen LogP contribution in [0.15, 0.2) is 60.0 Å². The van der Waals surface area contributed by atoms with E-state index in [9.17, 15) is 10.2 Å². The summed E-state index contributed by atoms with van der Waals surface area (Å²) in [6.07, 6.45) is 13.7. The molecule has 3 aliphatic heterocycles. The molecule has 6 nitrogen and oxygen atoms in total. The van der Waals surface area contributed by atoms with Crippen LogP contribution < -0.4 is 5.73 Å². The number of hydrogen-bond donors (Lipinski definition) is 3. The lowest BCUT2D eigenvalue weighted by molar-refractivity contribution is -0.167. The van der Waals surface area contributed by atoms with Crippen molar-refractivity contribution < 1.29 is 14.9 Å². The summed E-state index contributed by atoms with van der Waals surface area (Å²) >= 11 is 0. The summed E-state index contributed by atoms with van der Waals surface area (Å²) in [5.41, 5.74) is 9.14. The summed E-state index contributed by atoms with van der Waals surface area (Å²) in [6.45, 7) is 4.15. The van der Waals surface area contributed by atoms with Gasteiger partial charge < -0.3 is 20.7 Å². The van der Waals surface area contributed by atoms with Crippen LogP contribution in [0.25, 0.3) is 10.8 Å². The van der Waals surface area contributed by atoms with E-state index in [2.05, 4.69) is 53.2 Å². The number of fused-ring (bicyclic) bond motifs is 2. The molecule has 4 heterocycles. The first-order chi connectivity index (χ1) is 18.3. The van der Waals surface area contributed by atoms with Gasteiger partial charge in [0.2, 0.25) is 0 Å². The van der Waals surface area contributed by atoms with Crippen molar-refractivity contribution >= 4 is 10.8 Å². The lowest BCUT2D eigenvalue weighted by Crippen LogP contribution is -2.62. The van der Waals surface area contributed by atoms with E-state index >= 15 is 0 Å². The number of nitrogens with zero attached hydrogens (tertiary/aromatic N) is 2. The minimum Gasteiger partial charge on any atom is -0.388 e. The Hall–Kier alpha value is -2.09. The van der Waals surface area contributed by atoms with Crippen LogP contribution in [0.2, 0.25) is 0 Å². The van der Waals surface area contributed by atoms with Crippen molar-refractivity contribution in [2.45, 2.75) is 93.3 Å². The molecule has 2 aromatic rings. The van der Waals surface area contributed by atoms with Crippen LogP contribution in [0, 0.1) is 11.3 Å². The summed E-state index contributed by atoms with van der Waals surface area (Å²) in [5, 5.41) is 25.1. The van der Waals surface area contributed by atoms with Gasteiger partial charge in [-0.3, -0.25) is 9.88 Å². The maximum absolute atomic E-state index is 11.4. The third-order valence-corrected chi connectivity index (χ3v) is 11.6. The largest absolute Gasteiger partial charge is 0.388 e. The Morgan fingerprint density at radius 1 is 1.11 bits per heavy atom. The maximum Gasteiger partial charge on any atom is 0.105 e. The number of aliphatic hydroxyl groups excluding tert-OH is 2. The number of nitrogens with two attached hydrogens (primary N) is 1. The molecule has 6 heteroatoms. The summed E-state index contributed by atoms with van der Waals surface area (Å²) in [6, 6.07) is 9.06. The fourth-order valence-corrected chi connectivity index (χ4v) is 9.76. The molecule has 4 N–H and O–H groups in total. The van der Waals surface area contributed by atoms with Crippen molar-refractivity contribution in [3.8, 4) is 0 Å². The Kier molecular flexibility index (Phi) is 4.99. The summed E-state index contributed by atoms with van der Waals surface area (Å²) in [5.74, 6) is 0.914. The lowest BCUT2D eigenvalue weighted by atomic mass is 9.58. The first-order valence-electron chi connectivity index (χ1n) is 14.7. The number of ether oxygens (including phenoxy) is 1. The molecule has 2 unspecified atom stereocenters. The Balaban J connectivity index is 1.16. The molecule has 38 heavy (non-hydrogen) atoms. The second-order valence-corrected chi connectivity index (χ2v) is 13.4. The molecule has 4 fully saturated rings. The minimum atomic E-state index is -0.890. The minimum absolute atomic E-state index is 0.115. The molecule has 2 bridgehead atoms. The van der Waals surface area contributed by atoms with Crippen LogP contribution in [0.4, 0.5) is 0 Å². The first-order valence-corrected chi connectivity index (χ1v) is 14.7. The summed E-state index contributed by atoms with van der Waals surface area (Å²) in [4.78, 5) is 6.67. The Morgan fingerprint density at radius 3 is 2.84 bits per heavy atom. The fraction of sp³-hybridized carbons (Fsp3) is 0.594. The summed E-state index contributed by atoms with van der Waals surface area (Å²) in [7, 11) is 0. The highest BCUT2D eigenvalue weighted by atomic mass is 16.5. The number of likely N-dealkylation sites (tertiary alicyclic amines) is 1. The molecule has 8 rings (SSSR count). The zero-order chi connectivity index (χ0) is 25.9. The van der Waals surface area contributed by atoms with Crippen LogP contribution in [0.1, 0.15) is 63.4 Å². The van der Waals surface area contributed by atoms with Gasteiger partial charge in [-0.1, -0.05) is 31.2 Å². The molecule has 3 aliphatic carbocycles. The van der Waals surface area contributed by atoms with Gasteiger partial charge >= 0.3 is 0 Å². The third-order valence-electron chi connectivity index (χ3n) is 11.6. The number of aromatic nitrogens is 1. The first kappa shape index (κ1) is 23.8. The zero-order valence-electron chi connectivity index (χ0n) is 22.2. The van der Waals surface area contributed by atoms with Gasteiger partial charge in [0.05, 0.1) is 17.3 Å². The highest BCUT2D eigenvalue weighted by Gasteiger charge is 2.68. The van der Waals surface area contributed by atoms with Gasteiger partial charge in [-0.15, -0.1) is 0 Å². The van der Waals surface area contributed by atoms with Crippen LogP contribution in [0.5, 0.6) is 0 Å². The molecule has 1 aromatic heterocycles. The van der Waals surface area contributed by atoms with Crippen LogP contribution in [-0.2, 0) is 4.74 Å². The van der Waals surface area contributed by atoms with Crippen LogP contribution in [0.3, 0.4) is 0 Å². The third kappa shape index (κ3) is 3.04.